The number of amides is 1. The number of fused-ring (bicyclic) bond motifs is 1. The lowest BCUT2D eigenvalue weighted by Gasteiger charge is -2.24. The highest BCUT2D eigenvalue weighted by Gasteiger charge is 2.30. The zero-order valence-corrected chi connectivity index (χ0v) is 11.9. The molecular weight excluding hydrogens is 254 g/mol. The molecule has 3 unspecified atom stereocenters. The van der Waals surface area contributed by atoms with Gasteiger partial charge in [0.2, 0.25) is 0 Å². The first-order chi connectivity index (χ1) is 9.54. The van der Waals surface area contributed by atoms with E-state index in [1.165, 1.54) is 6.42 Å². The molecule has 0 saturated heterocycles. The van der Waals surface area contributed by atoms with Gasteiger partial charge in [0.25, 0.3) is 5.91 Å². The molecule has 0 bridgehead atoms. The highest BCUT2D eigenvalue weighted by molar-refractivity contribution is 5.97. The molecule has 1 aliphatic carbocycles. The lowest BCUT2D eigenvalue weighted by Crippen LogP contribution is -2.27. The Morgan fingerprint density at radius 3 is 2.85 bits per heavy atom. The molecule has 5 nitrogen and oxygen atoms in total. The molecule has 0 radical (unpaired) electrons. The van der Waals surface area contributed by atoms with Gasteiger partial charge in [-0.05, 0) is 30.7 Å². The van der Waals surface area contributed by atoms with Crippen LogP contribution in [0.25, 0.3) is 0 Å². The molecule has 0 spiro atoms. The number of anilines is 3. The number of ether oxygens (including phenoxy) is 1. The number of carbonyl (C=O) groups excluding carboxylic acids is 1. The van der Waals surface area contributed by atoms with Crippen LogP contribution in [0.15, 0.2) is 12.1 Å². The van der Waals surface area contributed by atoms with Crippen molar-refractivity contribution >= 4 is 23.0 Å². The number of nitrogens with one attached hydrogen (secondary N) is 2. The second kappa shape index (κ2) is 4.89. The summed E-state index contributed by atoms with van der Waals surface area (Å²) in [6.45, 7) is 4.61. The van der Waals surface area contributed by atoms with Gasteiger partial charge in [0.15, 0.2) is 6.61 Å². The Hall–Kier alpha value is -1.91. The fourth-order valence-electron chi connectivity index (χ4n) is 3.04. The van der Waals surface area contributed by atoms with Crippen molar-refractivity contribution in [1.29, 1.82) is 0 Å². The van der Waals surface area contributed by atoms with Crippen molar-refractivity contribution in [2.24, 2.45) is 11.8 Å². The molecule has 1 aromatic rings. The van der Waals surface area contributed by atoms with Gasteiger partial charge in [-0.1, -0.05) is 13.8 Å². The van der Waals surface area contributed by atoms with E-state index < -0.39 is 0 Å². The van der Waals surface area contributed by atoms with E-state index in [0.717, 1.165) is 18.0 Å². The summed E-state index contributed by atoms with van der Waals surface area (Å²) in [4.78, 5) is 11.4. The molecule has 0 aromatic heterocycles. The van der Waals surface area contributed by atoms with Gasteiger partial charge in [-0.2, -0.15) is 0 Å². The predicted octanol–water partition coefficient (Wildman–Crippen LogP) is 2.45. The Morgan fingerprint density at radius 1 is 1.35 bits per heavy atom. The summed E-state index contributed by atoms with van der Waals surface area (Å²) in [5.41, 5.74) is 8.31. The number of benzene rings is 1. The van der Waals surface area contributed by atoms with E-state index in [0.29, 0.717) is 29.1 Å². The van der Waals surface area contributed by atoms with Crippen molar-refractivity contribution in [2.45, 2.75) is 32.7 Å². The van der Waals surface area contributed by atoms with Gasteiger partial charge in [0, 0.05) is 12.1 Å². The second-order valence-corrected chi connectivity index (χ2v) is 5.94. The van der Waals surface area contributed by atoms with Crippen LogP contribution < -0.4 is 21.1 Å². The van der Waals surface area contributed by atoms with Gasteiger partial charge in [-0.25, -0.2) is 0 Å². The lowest BCUT2D eigenvalue weighted by atomic mass is 9.97. The van der Waals surface area contributed by atoms with Gasteiger partial charge in [0.1, 0.15) is 5.75 Å². The smallest absolute Gasteiger partial charge is 0.262 e. The van der Waals surface area contributed by atoms with Gasteiger partial charge in [-0.15, -0.1) is 0 Å². The van der Waals surface area contributed by atoms with Gasteiger partial charge in [-0.3, -0.25) is 4.79 Å². The van der Waals surface area contributed by atoms with Crippen LogP contribution in [0.4, 0.5) is 17.1 Å². The minimum Gasteiger partial charge on any atom is -0.482 e. The number of nitrogen functional groups attached to an aromatic ring is 1. The van der Waals surface area contributed by atoms with E-state index in [9.17, 15) is 4.79 Å². The molecular formula is C15H21N3O2. The second-order valence-electron chi connectivity index (χ2n) is 5.94. The molecule has 20 heavy (non-hydrogen) atoms. The summed E-state index contributed by atoms with van der Waals surface area (Å²) < 4.78 is 5.36. The molecule has 1 aliphatic heterocycles. The van der Waals surface area contributed by atoms with E-state index in [1.807, 2.05) is 6.07 Å². The topological polar surface area (TPSA) is 76.4 Å². The van der Waals surface area contributed by atoms with Crippen LogP contribution in [-0.2, 0) is 4.79 Å². The first kappa shape index (κ1) is 13.1. The Bertz CT molecular complexity index is 544. The normalized spacial score (nSPS) is 28.5. The third-order valence-electron chi connectivity index (χ3n) is 4.59. The van der Waals surface area contributed by atoms with Crippen LogP contribution in [0.1, 0.15) is 26.7 Å². The average molecular weight is 275 g/mol. The zero-order valence-electron chi connectivity index (χ0n) is 11.9. The monoisotopic (exact) mass is 275 g/mol. The maximum atomic E-state index is 11.4. The average Bonchev–Trinajstić information content (AvgIpc) is 2.72. The first-order valence-electron chi connectivity index (χ1n) is 7.17. The van der Waals surface area contributed by atoms with Crippen molar-refractivity contribution in [3.05, 3.63) is 12.1 Å². The molecule has 3 rings (SSSR count). The summed E-state index contributed by atoms with van der Waals surface area (Å²) in [6, 6.07) is 4.09. The van der Waals surface area contributed by atoms with Crippen LogP contribution in [-0.4, -0.2) is 18.6 Å². The summed E-state index contributed by atoms with van der Waals surface area (Å²) in [5.74, 6) is 1.86. The molecule has 1 amide bonds. The van der Waals surface area contributed by atoms with Crippen LogP contribution in [0.5, 0.6) is 5.75 Å². The molecule has 3 atom stereocenters. The van der Waals surface area contributed by atoms with Crippen molar-refractivity contribution in [3.63, 3.8) is 0 Å². The maximum Gasteiger partial charge on any atom is 0.262 e. The Balaban J connectivity index is 1.83. The SMILES string of the molecule is CC1CCC(Nc2cc3c(cc2N)OCC(=O)N3)C1C. The number of rotatable bonds is 2. The van der Waals surface area contributed by atoms with E-state index in [1.54, 1.807) is 6.07 Å². The first-order valence-corrected chi connectivity index (χ1v) is 7.17. The highest BCUT2D eigenvalue weighted by Crippen LogP contribution is 2.38. The molecule has 108 valence electrons. The number of hydrogen-bond acceptors (Lipinski definition) is 4. The highest BCUT2D eigenvalue weighted by atomic mass is 16.5. The number of hydrogen-bond donors (Lipinski definition) is 3. The largest absolute Gasteiger partial charge is 0.482 e. The molecule has 4 N–H and O–H groups in total. The molecule has 1 saturated carbocycles. The van der Waals surface area contributed by atoms with Crippen LogP contribution in [0.3, 0.4) is 0 Å². The standard InChI is InChI=1S/C15H21N3O2/c1-8-3-4-11(9(8)2)17-12-6-13-14(5-10(12)16)20-7-15(19)18-13/h5-6,8-9,11,17H,3-4,7,16H2,1-2H3,(H,18,19). The molecule has 1 aromatic carbocycles. The van der Waals surface area contributed by atoms with Gasteiger partial charge < -0.3 is 21.1 Å². The quantitative estimate of drug-likeness (QED) is 0.725. The number of carbonyl (C=O) groups is 1. The summed E-state index contributed by atoms with van der Waals surface area (Å²) in [7, 11) is 0. The molecule has 2 aliphatic rings. The van der Waals surface area contributed by atoms with E-state index in [2.05, 4.69) is 24.5 Å². The maximum absolute atomic E-state index is 11.4. The lowest BCUT2D eigenvalue weighted by molar-refractivity contribution is -0.118. The predicted molar refractivity (Wildman–Crippen MR) is 80.0 cm³/mol. The van der Waals surface area contributed by atoms with Crippen molar-refractivity contribution in [2.75, 3.05) is 23.0 Å². The fourth-order valence-corrected chi connectivity index (χ4v) is 3.04. The van der Waals surface area contributed by atoms with Gasteiger partial charge >= 0.3 is 0 Å². The van der Waals surface area contributed by atoms with E-state index in [-0.39, 0.29) is 12.5 Å². The van der Waals surface area contributed by atoms with E-state index in [4.69, 9.17) is 10.5 Å². The zero-order chi connectivity index (χ0) is 14.3. The van der Waals surface area contributed by atoms with Crippen LogP contribution in [0.2, 0.25) is 0 Å². The Labute approximate surface area is 118 Å². The van der Waals surface area contributed by atoms with Crippen molar-refractivity contribution in [1.82, 2.24) is 0 Å². The summed E-state index contributed by atoms with van der Waals surface area (Å²) >= 11 is 0. The summed E-state index contributed by atoms with van der Waals surface area (Å²) in [5, 5.41) is 6.34. The number of nitrogens with two attached hydrogens (primary N) is 1. The van der Waals surface area contributed by atoms with Crippen LogP contribution >= 0.6 is 0 Å². The molecule has 5 heteroatoms. The third-order valence-corrected chi connectivity index (χ3v) is 4.59. The van der Waals surface area contributed by atoms with Gasteiger partial charge in [0.05, 0.1) is 17.1 Å². The molecule has 1 heterocycles. The van der Waals surface area contributed by atoms with Crippen molar-refractivity contribution in [3.8, 4) is 5.75 Å². The minimum absolute atomic E-state index is 0.0520. The van der Waals surface area contributed by atoms with Crippen molar-refractivity contribution < 1.29 is 9.53 Å². The van der Waals surface area contributed by atoms with E-state index >= 15 is 0 Å². The third kappa shape index (κ3) is 2.28. The molecule has 1 fully saturated rings. The summed E-state index contributed by atoms with van der Waals surface area (Å²) in [6.07, 6.45) is 2.39. The fraction of sp³-hybridized carbons (Fsp3) is 0.533. The minimum atomic E-state index is -0.129. The van der Waals surface area contributed by atoms with Crippen LogP contribution in [0, 0.1) is 11.8 Å². The Morgan fingerprint density at radius 2 is 2.15 bits per heavy atom. The Kier molecular flexibility index (Phi) is 3.20.